The Balaban J connectivity index is 2.57. The van der Waals surface area contributed by atoms with E-state index < -0.39 is 17.6 Å². The number of aliphatic hydroxyl groups is 1. The SMILES string of the molecule is CCN(CCO)C(=O)c1c(C)nc2ccc(C(F)(F)F)cn12. The van der Waals surface area contributed by atoms with Crippen molar-refractivity contribution in [2.45, 2.75) is 20.0 Å². The van der Waals surface area contributed by atoms with Crippen LogP contribution in [0.1, 0.15) is 28.7 Å². The highest BCUT2D eigenvalue weighted by Gasteiger charge is 2.32. The fourth-order valence-corrected chi connectivity index (χ4v) is 2.26. The molecule has 5 nitrogen and oxygen atoms in total. The first-order chi connectivity index (χ1) is 10.3. The zero-order valence-corrected chi connectivity index (χ0v) is 12.2. The minimum absolute atomic E-state index is 0.0800. The number of hydrogen-bond donors (Lipinski definition) is 1. The van der Waals surface area contributed by atoms with Crippen LogP contribution in [0.2, 0.25) is 0 Å². The van der Waals surface area contributed by atoms with Crippen molar-refractivity contribution in [3.8, 4) is 0 Å². The molecule has 0 aliphatic rings. The van der Waals surface area contributed by atoms with E-state index in [1.54, 1.807) is 13.8 Å². The van der Waals surface area contributed by atoms with Gasteiger partial charge in [-0.15, -0.1) is 0 Å². The fourth-order valence-electron chi connectivity index (χ4n) is 2.26. The van der Waals surface area contributed by atoms with Crippen molar-refractivity contribution >= 4 is 11.6 Å². The number of aryl methyl sites for hydroxylation is 1. The number of aromatic nitrogens is 2. The third-order valence-electron chi connectivity index (χ3n) is 3.36. The minimum Gasteiger partial charge on any atom is -0.395 e. The Hall–Kier alpha value is -2.09. The normalized spacial score (nSPS) is 11.9. The van der Waals surface area contributed by atoms with E-state index in [4.69, 9.17) is 5.11 Å². The Morgan fingerprint density at radius 1 is 1.41 bits per heavy atom. The van der Waals surface area contributed by atoms with Gasteiger partial charge in [-0.05, 0) is 26.0 Å². The first-order valence-corrected chi connectivity index (χ1v) is 6.75. The van der Waals surface area contributed by atoms with Crippen LogP contribution in [0.3, 0.4) is 0 Å². The smallest absolute Gasteiger partial charge is 0.395 e. The molecule has 0 atom stereocenters. The predicted molar refractivity (Wildman–Crippen MR) is 73.6 cm³/mol. The summed E-state index contributed by atoms with van der Waals surface area (Å²) in [5, 5.41) is 8.98. The maximum atomic E-state index is 12.8. The molecule has 0 saturated heterocycles. The molecule has 0 unspecified atom stereocenters. The lowest BCUT2D eigenvalue weighted by Crippen LogP contribution is -2.34. The number of carbonyl (C=O) groups is 1. The molecule has 2 aromatic rings. The van der Waals surface area contributed by atoms with E-state index in [0.717, 1.165) is 16.7 Å². The number of alkyl halides is 3. The largest absolute Gasteiger partial charge is 0.417 e. The summed E-state index contributed by atoms with van der Waals surface area (Å²) in [5.74, 6) is -0.458. The summed E-state index contributed by atoms with van der Waals surface area (Å²) in [6.45, 7) is 3.53. The van der Waals surface area contributed by atoms with E-state index >= 15 is 0 Å². The Morgan fingerprint density at radius 2 is 2.09 bits per heavy atom. The van der Waals surface area contributed by atoms with Crippen LogP contribution in [0.15, 0.2) is 18.3 Å². The number of amides is 1. The number of carbonyl (C=O) groups excluding carboxylic acids is 1. The van der Waals surface area contributed by atoms with Crippen LogP contribution in [0, 0.1) is 6.92 Å². The molecule has 0 saturated carbocycles. The Kier molecular flexibility index (Phi) is 4.41. The van der Waals surface area contributed by atoms with Gasteiger partial charge in [0.2, 0.25) is 0 Å². The monoisotopic (exact) mass is 315 g/mol. The van der Waals surface area contributed by atoms with Gasteiger partial charge in [0, 0.05) is 19.3 Å². The molecule has 8 heteroatoms. The first-order valence-electron chi connectivity index (χ1n) is 6.75. The van der Waals surface area contributed by atoms with E-state index in [2.05, 4.69) is 4.98 Å². The second-order valence-electron chi connectivity index (χ2n) is 4.80. The van der Waals surface area contributed by atoms with Crippen molar-refractivity contribution in [3.63, 3.8) is 0 Å². The first kappa shape index (κ1) is 16.3. The standard InChI is InChI=1S/C14H16F3N3O2/c1-3-19(6-7-21)13(22)12-9(2)18-11-5-4-10(8-20(11)12)14(15,16)17/h4-5,8,21H,3,6-7H2,1-2H3. The van der Waals surface area contributed by atoms with Crippen LogP contribution in [-0.4, -0.2) is 45.0 Å². The highest BCUT2D eigenvalue weighted by Crippen LogP contribution is 2.30. The van der Waals surface area contributed by atoms with Crippen LogP contribution < -0.4 is 0 Å². The van der Waals surface area contributed by atoms with Gasteiger partial charge >= 0.3 is 6.18 Å². The molecule has 2 rings (SSSR count). The third kappa shape index (κ3) is 2.92. The molecular weight excluding hydrogens is 299 g/mol. The summed E-state index contributed by atoms with van der Waals surface area (Å²) < 4.78 is 39.7. The van der Waals surface area contributed by atoms with E-state index in [1.807, 2.05) is 0 Å². The van der Waals surface area contributed by atoms with E-state index in [0.29, 0.717) is 12.2 Å². The lowest BCUT2D eigenvalue weighted by atomic mass is 10.2. The molecule has 0 aliphatic heterocycles. The summed E-state index contributed by atoms with van der Waals surface area (Å²) in [4.78, 5) is 18.0. The van der Waals surface area contributed by atoms with Gasteiger partial charge in [-0.25, -0.2) is 4.98 Å². The Labute approximate surface area is 125 Å². The van der Waals surface area contributed by atoms with Crippen molar-refractivity contribution in [1.29, 1.82) is 0 Å². The number of aliphatic hydroxyl groups excluding tert-OH is 1. The van der Waals surface area contributed by atoms with Gasteiger partial charge in [0.05, 0.1) is 17.9 Å². The molecular formula is C14H16F3N3O2. The van der Waals surface area contributed by atoms with Gasteiger partial charge in [-0.3, -0.25) is 9.20 Å². The number of hydrogen-bond acceptors (Lipinski definition) is 3. The number of rotatable bonds is 4. The molecule has 22 heavy (non-hydrogen) atoms. The Morgan fingerprint density at radius 3 is 2.64 bits per heavy atom. The van der Waals surface area contributed by atoms with Crippen molar-refractivity contribution in [2.75, 3.05) is 19.7 Å². The summed E-state index contributed by atoms with van der Waals surface area (Å²) in [5.41, 5.74) is -0.150. The number of imidazole rings is 1. The van der Waals surface area contributed by atoms with E-state index in [9.17, 15) is 18.0 Å². The molecule has 1 N–H and O–H groups in total. The second-order valence-corrected chi connectivity index (χ2v) is 4.80. The van der Waals surface area contributed by atoms with Crippen LogP contribution in [0.4, 0.5) is 13.2 Å². The molecule has 0 aliphatic carbocycles. The number of halogens is 3. The lowest BCUT2D eigenvalue weighted by molar-refractivity contribution is -0.137. The molecule has 1 amide bonds. The maximum Gasteiger partial charge on any atom is 0.417 e. The zero-order chi connectivity index (χ0) is 16.5. The highest BCUT2D eigenvalue weighted by atomic mass is 19.4. The Bertz CT molecular complexity index is 694. The van der Waals surface area contributed by atoms with Crippen molar-refractivity contribution in [1.82, 2.24) is 14.3 Å². The average Bonchev–Trinajstić information content (AvgIpc) is 2.78. The van der Waals surface area contributed by atoms with E-state index in [1.165, 1.54) is 11.0 Å². The minimum atomic E-state index is -4.50. The molecule has 0 aromatic carbocycles. The van der Waals surface area contributed by atoms with Gasteiger partial charge in [0.25, 0.3) is 5.91 Å². The van der Waals surface area contributed by atoms with Crippen LogP contribution in [-0.2, 0) is 6.18 Å². The summed E-state index contributed by atoms with van der Waals surface area (Å²) in [6, 6.07) is 2.16. The second kappa shape index (κ2) is 5.96. The molecule has 0 spiro atoms. The fraction of sp³-hybridized carbons (Fsp3) is 0.429. The van der Waals surface area contributed by atoms with Gasteiger partial charge < -0.3 is 10.0 Å². The van der Waals surface area contributed by atoms with Crippen molar-refractivity contribution < 1.29 is 23.1 Å². The van der Waals surface area contributed by atoms with Crippen LogP contribution in [0.25, 0.3) is 5.65 Å². The average molecular weight is 315 g/mol. The summed E-state index contributed by atoms with van der Waals surface area (Å²) in [6.07, 6.45) is -3.63. The quantitative estimate of drug-likeness (QED) is 0.940. The topological polar surface area (TPSA) is 57.8 Å². The molecule has 0 radical (unpaired) electrons. The molecule has 120 valence electrons. The highest BCUT2D eigenvalue weighted by molar-refractivity contribution is 5.94. The predicted octanol–water partition coefficient (Wildman–Crippen LogP) is 2.12. The van der Waals surface area contributed by atoms with E-state index in [-0.39, 0.29) is 24.5 Å². The van der Waals surface area contributed by atoms with Crippen LogP contribution in [0.5, 0.6) is 0 Å². The number of fused-ring (bicyclic) bond motifs is 1. The number of likely N-dealkylation sites (N-methyl/N-ethyl adjacent to an activating group) is 1. The zero-order valence-electron chi connectivity index (χ0n) is 12.2. The number of nitrogens with zero attached hydrogens (tertiary/aromatic N) is 3. The molecule has 2 heterocycles. The molecule has 2 aromatic heterocycles. The number of pyridine rings is 1. The summed E-state index contributed by atoms with van der Waals surface area (Å²) >= 11 is 0. The van der Waals surface area contributed by atoms with Gasteiger partial charge in [-0.1, -0.05) is 0 Å². The van der Waals surface area contributed by atoms with Gasteiger partial charge in [0.1, 0.15) is 11.3 Å². The maximum absolute atomic E-state index is 12.8. The lowest BCUT2D eigenvalue weighted by Gasteiger charge is -2.19. The van der Waals surface area contributed by atoms with Crippen LogP contribution >= 0.6 is 0 Å². The summed E-state index contributed by atoms with van der Waals surface area (Å²) in [7, 11) is 0. The third-order valence-corrected chi connectivity index (χ3v) is 3.36. The van der Waals surface area contributed by atoms with Gasteiger partial charge in [-0.2, -0.15) is 13.2 Å². The van der Waals surface area contributed by atoms with Crippen molar-refractivity contribution in [2.24, 2.45) is 0 Å². The molecule has 0 fully saturated rings. The van der Waals surface area contributed by atoms with Gasteiger partial charge in [0.15, 0.2) is 0 Å². The van der Waals surface area contributed by atoms with Crippen molar-refractivity contribution in [3.05, 3.63) is 35.3 Å². The molecule has 0 bridgehead atoms.